The summed E-state index contributed by atoms with van der Waals surface area (Å²) >= 11 is 6.12. The van der Waals surface area contributed by atoms with Gasteiger partial charge in [-0.2, -0.15) is 5.10 Å². The zero-order chi connectivity index (χ0) is 17.6. The van der Waals surface area contributed by atoms with E-state index in [9.17, 15) is 4.79 Å². The zero-order valence-electron chi connectivity index (χ0n) is 14.5. The lowest BCUT2D eigenvalue weighted by atomic mass is 10.2. The van der Waals surface area contributed by atoms with E-state index in [2.05, 4.69) is 21.9 Å². The van der Waals surface area contributed by atoms with Crippen molar-refractivity contribution in [1.82, 2.24) is 24.6 Å². The normalized spacial score (nSPS) is 17.3. The van der Waals surface area contributed by atoms with Crippen molar-refractivity contribution in [1.29, 1.82) is 0 Å². The number of amides is 1. The van der Waals surface area contributed by atoms with Crippen LogP contribution >= 0.6 is 11.6 Å². The molecule has 0 aliphatic carbocycles. The van der Waals surface area contributed by atoms with E-state index >= 15 is 0 Å². The molecule has 0 saturated carbocycles. The van der Waals surface area contributed by atoms with Gasteiger partial charge in [-0.05, 0) is 31.9 Å². The highest BCUT2D eigenvalue weighted by Gasteiger charge is 2.23. The molecule has 134 valence electrons. The fraction of sp³-hybridized carbons (Fsp3) is 0.500. The number of carbonyl (C=O) groups excluding carboxylic acids is 1. The summed E-state index contributed by atoms with van der Waals surface area (Å²) in [6.07, 6.45) is 8.96. The van der Waals surface area contributed by atoms with Gasteiger partial charge in [-0.1, -0.05) is 11.6 Å². The van der Waals surface area contributed by atoms with E-state index in [1.165, 1.54) is 6.20 Å². The van der Waals surface area contributed by atoms with Crippen molar-refractivity contribution in [2.75, 3.05) is 26.2 Å². The molecule has 1 amide bonds. The molecule has 3 rings (SSSR count). The van der Waals surface area contributed by atoms with Crippen molar-refractivity contribution in [3.8, 4) is 0 Å². The molecular formula is C18H24ClN5O. The van der Waals surface area contributed by atoms with Gasteiger partial charge in [-0.25, -0.2) is 0 Å². The Morgan fingerprint density at radius 1 is 1.28 bits per heavy atom. The van der Waals surface area contributed by atoms with Gasteiger partial charge in [0.2, 0.25) is 0 Å². The van der Waals surface area contributed by atoms with Crippen LogP contribution in [0.15, 0.2) is 36.9 Å². The predicted molar refractivity (Wildman–Crippen MR) is 97.6 cm³/mol. The summed E-state index contributed by atoms with van der Waals surface area (Å²) in [5.41, 5.74) is 0.539. The fourth-order valence-electron chi connectivity index (χ4n) is 3.23. The maximum Gasteiger partial charge on any atom is 0.255 e. The van der Waals surface area contributed by atoms with Crippen molar-refractivity contribution in [3.63, 3.8) is 0 Å². The molecule has 2 aromatic heterocycles. The number of rotatable bonds is 5. The molecule has 0 bridgehead atoms. The Labute approximate surface area is 153 Å². The molecule has 1 unspecified atom stereocenters. The number of hydrogen-bond acceptors (Lipinski definition) is 4. The van der Waals surface area contributed by atoms with Gasteiger partial charge in [-0.15, -0.1) is 0 Å². The summed E-state index contributed by atoms with van der Waals surface area (Å²) in [7, 11) is 0. The first-order chi connectivity index (χ1) is 12.1. The molecule has 1 aliphatic rings. The largest absolute Gasteiger partial charge is 0.337 e. The van der Waals surface area contributed by atoms with Gasteiger partial charge in [0.1, 0.15) is 0 Å². The van der Waals surface area contributed by atoms with Crippen LogP contribution in [0.3, 0.4) is 0 Å². The Morgan fingerprint density at radius 3 is 2.92 bits per heavy atom. The van der Waals surface area contributed by atoms with Crippen molar-refractivity contribution in [2.24, 2.45) is 0 Å². The summed E-state index contributed by atoms with van der Waals surface area (Å²) in [5.74, 6) is -0.00144. The number of hydrogen-bond donors (Lipinski definition) is 0. The van der Waals surface area contributed by atoms with Crippen LogP contribution in [-0.4, -0.2) is 62.7 Å². The molecule has 1 fully saturated rings. The highest BCUT2D eigenvalue weighted by Crippen LogP contribution is 2.18. The third kappa shape index (κ3) is 4.58. The van der Waals surface area contributed by atoms with E-state index in [1.807, 2.05) is 28.0 Å². The molecular weight excluding hydrogens is 338 g/mol. The van der Waals surface area contributed by atoms with E-state index in [4.69, 9.17) is 11.6 Å². The van der Waals surface area contributed by atoms with E-state index in [-0.39, 0.29) is 5.91 Å². The molecule has 1 aliphatic heterocycles. The molecule has 1 saturated heterocycles. The third-order valence-corrected chi connectivity index (χ3v) is 5.08. The third-order valence-electron chi connectivity index (χ3n) is 4.78. The smallest absolute Gasteiger partial charge is 0.255 e. The number of aryl methyl sites for hydroxylation is 1. The number of nitrogens with zero attached hydrogens (tertiary/aromatic N) is 5. The van der Waals surface area contributed by atoms with E-state index < -0.39 is 0 Å². The van der Waals surface area contributed by atoms with Gasteiger partial charge >= 0.3 is 0 Å². The molecule has 3 heterocycles. The molecule has 0 aromatic carbocycles. The van der Waals surface area contributed by atoms with Gasteiger partial charge in [0.05, 0.1) is 10.6 Å². The number of halogens is 1. The quantitative estimate of drug-likeness (QED) is 0.821. The highest BCUT2D eigenvalue weighted by atomic mass is 35.5. The maximum atomic E-state index is 12.7. The first-order valence-corrected chi connectivity index (χ1v) is 9.13. The van der Waals surface area contributed by atoms with Crippen molar-refractivity contribution in [3.05, 3.63) is 47.5 Å². The minimum atomic E-state index is -0.00144. The van der Waals surface area contributed by atoms with Crippen LogP contribution in [0, 0.1) is 0 Å². The van der Waals surface area contributed by atoms with Crippen LogP contribution in [0.5, 0.6) is 0 Å². The number of pyridine rings is 1. The monoisotopic (exact) mass is 361 g/mol. The van der Waals surface area contributed by atoms with Gasteiger partial charge in [0.25, 0.3) is 5.91 Å². The average molecular weight is 362 g/mol. The Morgan fingerprint density at radius 2 is 2.16 bits per heavy atom. The fourth-order valence-corrected chi connectivity index (χ4v) is 3.43. The first-order valence-electron chi connectivity index (χ1n) is 8.75. The van der Waals surface area contributed by atoms with Crippen LogP contribution < -0.4 is 0 Å². The summed E-state index contributed by atoms with van der Waals surface area (Å²) in [5, 5.41) is 4.67. The summed E-state index contributed by atoms with van der Waals surface area (Å²) < 4.78 is 1.97. The van der Waals surface area contributed by atoms with E-state index in [0.29, 0.717) is 16.6 Å². The second kappa shape index (κ2) is 8.45. The molecule has 6 nitrogen and oxygen atoms in total. The minimum absolute atomic E-state index is 0.00144. The SMILES string of the molecule is CC(CCn1cccn1)N1CCCN(C(=O)c2ccncc2Cl)CC1. The number of aromatic nitrogens is 3. The van der Waals surface area contributed by atoms with Gasteiger partial charge in [0.15, 0.2) is 0 Å². The predicted octanol–water partition coefficient (Wildman–Crippen LogP) is 2.56. The highest BCUT2D eigenvalue weighted by molar-refractivity contribution is 6.33. The zero-order valence-corrected chi connectivity index (χ0v) is 15.3. The lowest BCUT2D eigenvalue weighted by Crippen LogP contribution is -2.38. The second-order valence-corrected chi connectivity index (χ2v) is 6.85. The summed E-state index contributed by atoms with van der Waals surface area (Å²) in [6.45, 7) is 6.55. The Kier molecular flexibility index (Phi) is 6.04. The lowest BCUT2D eigenvalue weighted by Gasteiger charge is -2.28. The standard InChI is InChI=1S/C18H24ClN5O/c1-15(5-11-24-10-2-6-21-24)22-8-3-9-23(13-12-22)18(25)16-4-7-20-14-17(16)19/h2,4,6-7,10,14-15H,3,5,8-9,11-13H2,1H3. The maximum absolute atomic E-state index is 12.7. The van der Waals surface area contributed by atoms with E-state index in [0.717, 1.165) is 45.6 Å². The molecule has 0 N–H and O–H groups in total. The summed E-state index contributed by atoms with van der Waals surface area (Å²) in [4.78, 5) is 21.0. The van der Waals surface area contributed by atoms with Crippen LogP contribution in [0.1, 0.15) is 30.1 Å². The molecule has 2 aromatic rings. The van der Waals surface area contributed by atoms with Crippen molar-refractivity contribution < 1.29 is 4.79 Å². The van der Waals surface area contributed by atoms with Crippen LogP contribution in [0.4, 0.5) is 0 Å². The van der Waals surface area contributed by atoms with Gasteiger partial charge in [-0.3, -0.25) is 19.4 Å². The van der Waals surface area contributed by atoms with Crippen LogP contribution in [0.25, 0.3) is 0 Å². The van der Waals surface area contributed by atoms with E-state index in [1.54, 1.807) is 12.3 Å². The first kappa shape index (κ1) is 17.9. The summed E-state index contributed by atoms with van der Waals surface area (Å²) in [6, 6.07) is 4.11. The van der Waals surface area contributed by atoms with Crippen LogP contribution in [-0.2, 0) is 6.54 Å². The molecule has 0 spiro atoms. The molecule has 0 radical (unpaired) electrons. The average Bonchev–Trinajstić information content (AvgIpc) is 3.02. The van der Waals surface area contributed by atoms with Gasteiger partial charge < -0.3 is 4.90 Å². The molecule has 25 heavy (non-hydrogen) atoms. The lowest BCUT2D eigenvalue weighted by molar-refractivity contribution is 0.0758. The van der Waals surface area contributed by atoms with Crippen LogP contribution in [0.2, 0.25) is 5.02 Å². The molecule has 7 heteroatoms. The topological polar surface area (TPSA) is 54.3 Å². The Bertz CT molecular complexity index is 691. The molecule has 1 atom stereocenters. The van der Waals surface area contributed by atoms with Crippen molar-refractivity contribution in [2.45, 2.75) is 32.4 Å². The number of carbonyl (C=O) groups is 1. The van der Waals surface area contributed by atoms with Gasteiger partial charge in [0, 0.05) is 63.6 Å². The Balaban J connectivity index is 1.55. The Hall–Kier alpha value is -1.92. The second-order valence-electron chi connectivity index (χ2n) is 6.44. The minimum Gasteiger partial charge on any atom is -0.337 e. The van der Waals surface area contributed by atoms with Crippen molar-refractivity contribution >= 4 is 17.5 Å².